The van der Waals surface area contributed by atoms with E-state index in [9.17, 15) is 27.2 Å². The van der Waals surface area contributed by atoms with E-state index < -0.39 is 47.7 Å². The van der Waals surface area contributed by atoms with E-state index in [0.29, 0.717) is 24.9 Å². The van der Waals surface area contributed by atoms with Crippen molar-refractivity contribution in [3.63, 3.8) is 0 Å². The highest BCUT2D eigenvalue weighted by Crippen LogP contribution is 2.23. The highest BCUT2D eigenvalue weighted by molar-refractivity contribution is 5.88. The van der Waals surface area contributed by atoms with Crippen molar-refractivity contribution in [3.05, 3.63) is 65.5 Å². The fourth-order valence-electron chi connectivity index (χ4n) is 2.13. The first kappa shape index (κ1) is 25.9. The van der Waals surface area contributed by atoms with Gasteiger partial charge in [-0.1, -0.05) is 44.2 Å². The molecular weight excluding hydrogens is 394 g/mol. The Morgan fingerprint density at radius 2 is 1.55 bits per heavy atom. The number of amides is 1. The van der Waals surface area contributed by atoms with E-state index >= 15 is 0 Å². The van der Waals surface area contributed by atoms with Crippen molar-refractivity contribution in [1.82, 2.24) is 5.32 Å². The lowest BCUT2D eigenvalue weighted by atomic mass is 10.0. The molecule has 0 aliphatic heterocycles. The van der Waals surface area contributed by atoms with Crippen molar-refractivity contribution in [2.24, 2.45) is 0 Å². The minimum atomic E-state index is -1.56. The van der Waals surface area contributed by atoms with Crippen LogP contribution in [0, 0.1) is 17.5 Å². The zero-order valence-electron chi connectivity index (χ0n) is 16.2. The number of carboxylic acid groups (broad SMARTS) is 1. The SMILES string of the molecule is CC.CF.O=C(O)NC(Cc1ccccc1)C(=O)COc1c(F)ccc(F)c1F. The molecule has 0 aliphatic carbocycles. The molecule has 2 N–H and O–H groups in total. The third-order valence-electron chi connectivity index (χ3n) is 3.33. The first-order valence-corrected chi connectivity index (χ1v) is 8.58. The normalized spacial score (nSPS) is 10.4. The molecule has 0 saturated heterocycles. The number of hydrogen-bond acceptors (Lipinski definition) is 3. The van der Waals surface area contributed by atoms with Crippen molar-refractivity contribution >= 4 is 11.9 Å². The first-order chi connectivity index (χ1) is 13.9. The Balaban J connectivity index is 0.00000184. The molecule has 1 amide bonds. The number of halogens is 4. The summed E-state index contributed by atoms with van der Waals surface area (Å²) in [4.78, 5) is 23.0. The topological polar surface area (TPSA) is 75.6 Å². The van der Waals surface area contributed by atoms with Gasteiger partial charge in [0, 0.05) is 6.42 Å². The van der Waals surface area contributed by atoms with Gasteiger partial charge >= 0.3 is 6.09 Å². The highest BCUT2D eigenvalue weighted by atomic mass is 19.2. The number of carbonyl (C=O) groups excluding carboxylic acids is 1. The number of benzene rings is 2. The molecule has 2 rings (SSSR count). The number of rotatable bonds is 7. The van der Waals surface area contributed by atoms with E-state index in [1.807, 2.05) is 19.2 Å². The van der Waals surface area contributed by atoms with Crippen LogP contribution < -0.4 is 10.1 Å². The molecule has 2 aromatic rings. The molecule has 0 radical (unpaired) electrons. The molecule has 0 saturated carbocycles. The number of nitrogens with one attached hydrogen (secondary N) is 1. The van der Waals surface area contributed by atoms with Gasteiger partial charge in [-0.05, 0) is 17.7 Å². The van der Waals surface area contributed by atoms with Crippen LogP contribution in [0.2, 0.25) is 0 Å². The first-order valence-electron chi connectivity index (χ1n) is 8.58. The van der Waals surface area contributed by atoms with Crippen molar-refractivity contribution in [1.29, 1.82) is 0 Å². The number of ether oxygens (including phenoxy) is 1. The zero-order chi connectivity index (χ0) is 22.4. The number of hydrogen-bond donors (Lipinski definition) is 2. The van der Waals surface area contributed by atoms with Crippen LogP contribution in [0.15, 0.2) is 42.5 Å². The molecule has 29 heavy (non-hydrogen) atoms. The molecule has 2 aromatic carbocycles. The van der Waals surface area contributed by atoms with Crippen LogP contribution in [0.4, 0.5) is 22.4 Å². The van der Waals surface area contributed by atoms with E-state index in [2.05, 4.69) is 0 Å². The van der Waals surface area contributed by atoms with Crippen LogP contribution in [0.5, 0.6) is 5.75 Å². The summed E-state index contributed by atoms with van der Waals surface area (Å²) in [6.07, 6.45) is -1.40. The van der Waals surface area contributed by atoms with Gasteiger partial charge in [0.25, 0.3) is 0 Å². The molecule has 0 aromatic heterocycles. The fourth-order valence-corrected chi connectivity index (χ4v) is 2.13. The maximum absolute atomic E-state index is 13.5. The third kappa shape index (κ3) is 8.63. The number of carbonyl (C=O) groups is 2. The highest BCUT2D eigenvalue weighted by Gasteiger charge is 2.23. The van der Waals surface area contributed by atoms with Crippen LogP contribution in [0.3, 0.4) is 0 Å². The Bertz CT molecular complexity index is 773. The second-order valence-electron chi connectivity index (χ2n) is 5.12. The van der Waals surface area contributed by atoms with E-state index in [0.717, 1.165) is 0 Å². The molecule has 9 heteroatoms. The molecule has 0 heterocycles. The summed E-state index contributed by atoms with van der Waals surface area (Å²) in [7, 11) is 0.500. The Morgan fingerprint density at radius 1 is 1.00 bits per heavy atom. The lowest BCUT2D eigenvalue weighted by Gasteiger charge is -2.16. The van der Waals surface area contributed by atoms with Crippen molar-refractivity contribution < 1.29 is 37.0 Å². The average molecular weight is 417 g/mol. The van der Waals surface area contributed by atoms with Crippen LogP contribution in [-0.2, 0) is 11.2 Å². The molecule has 1 atom stereocenters. The minimum Gasteiger partial charge on any atom is -0.480 e. The van der Waals surface area contributed by atoms with Crippen LogP contribution >= 0.6 is 0 Å². The molecule has 0 aliphatic rings. The number of Topliss-reactive ketones (excluding diaryl/α,β-unsaturated/α-hetero) is 1. The quantitative estimate of drug-likeness (QED) is 0.512. The smallest absolute Gasteiger partial charge is 0.405 e. The van der Waals surface area contributed by atoms with E-state index in [-0.39, 0.29) is 6.42 Å². The molecule has 5 nitrogen and oxygen atoms in total. The molecule has 0 fully saturated rings. The lowest BCUT2D eigenvalue weighted by molar-refractivity contribution is -0.123. The summed E-state index contributed by atoms with van der Waals surface area (Å²) in [6.45, 7) is 3.18. The van der Waals surface area contributed by atoms with Gasteiger partial charge in [0.2, 0.25) is 5.82 Å². The predicted molar refractivity (Wildman–Crippen MR) is 100 cm³/mol. The van der Waals surface area contributed by atoms with Gasteiger partial charge in [0.15, 0.2) is 23.2 Å². The van der Waals surface area contributed by atoms with Crippen molar-refractivity contribution in [3.8, 4) is 5.75 Å². The van der Waals surface area contributed by atoms with Gasteiger partial charge in [0.1, 0.15) is 6.61 Å². The fraction of sp³-hybridized carbons (Fsp3) is 0.300. The van der Waals surface area contributed by atoms with E-state index in [1.165, 1.54) is 0 Å². The average Bonchev–Trinajstić information content (AvgIpc) is 2.73. The van der Waals surface area contributed by atoms with Gasteiger partial charge in [-0.3, -0.25) is 9.18 Å². The van der Waals surface area contributed by atoms with Crippen LogP contribution in [0.1, 0.15) is 19.4 Å². The van der Waals surface area contributed by atoms with Gasteiger partial charge in [-0.2, -0.15) is 4.39 Å². The summed E-state index contributed by atoms with van der Waals surface area (Å²) >= 11 is 0. The summed E-state index contributed by atoms with van der Waals surface area (Å²) in [5.74, 6) is -5.83. The second-order valence-corrected chi connectivity index (χ2v) is 5.12. The van der Waals surface area contributed by atoms with Gasteiger partial charge < -0.3 is 15.2 Å². The minimum absolute atomic E-state index is 0.0312. The monoisotopic (exact) mass is 417 g/mol. The Kier molecular flexibility index (Phi) is 12.5. The van der Waals surface area contributed by atoms with Gasteiger partial charge in [-0.15, -0.1) is 0 Å². The maximum Gasteiger partial charge on any atom is 0.405 e. The zero-order valence-corrected chi connectivity index (χ0v) is 16.2. The second kappa shape index (κ2) is 14.0. The lowest BCUT2D eigenvalue weighted by Crippen LogP contribution is -2.43. The number of alkyl halides is 1. The summed E-state index contributed by atoms with van der Waals surface area (Å²) < 4.78 is 54.3. The molecule has 1 unspecified atom stereocenters. The third-order valence-corrected chi connectivity index (χ3v) is 3.33. The van der Waals surface area contributed by atoms with E-state index in [1.54, 1.807) is 30.3 Å². The maximum atomic E-state index is 13.5. The Hall–Kier alpha value is -3.10. The number of ketones is 1. The van der Waals surface area contributed by atoms with Crippen molar-refractivity contribution in [2.75, 3.05) is 13.8 Å². The van der Waals surface area contributed by atoms with Gasteiger partial charge in [0.05, 0.1) is 13.2 Å². The Labute approximate surface area is 166 Å². The van der Waals surface area contributed by atoms with Crippen molar-refractivity contribution in [2.45, 2.75) is 26.3 Å². The molecule has 0 bridgehead atoms. The largest absolute Gasteiger partial charge is 0.480 e. The van der Waals surface area contributed by atoms with E-state index in [4.69, 9.17) is 9.84 Å². The van der Waals surface area contributed by atoms with Gasteiger partial charge in [-0.25, -0.2) is 13.6 Å². The summed E-state index contributed by atoms with van der Waals surface area (Å²) in [6, 6.07) is 8.63. The molecule has 160 valence electrons. The molecular formula is C20H23F4NO4. The summed E-state index contributed by atoms with van der Waals surface area (Å²) in [5, 5.41) is 10.9. The molecule has 0 spiro atoms. The van der Waals surface area contributed by atoms with Crippen LogP contribution in [-0.4, -0.2) is 36.8 Å². The Morgan fingerprint density at radius 3 is 2.10 bits per heavy atom. The predicted octanol–water partition coefficient (Wildman–Crippen LogP) is 4.54. The summed E-state index contributed by atoms with van der Waals surface area (Å²) in [5.41, 5.74) is 0.678. The standard InChI is InChI=1S/C17H14F3NO4.C2H6.CH3F/c18-11-6-7-12(19)16(15(11)20)25-9-14(22)13(21-17(23)24)8-10-4-2-1-3-5-10;2*1-2/h1-7,13,21H,8-9H2,(H,23,24);1-2H3;1H3. The van der Waals surface area contributed by atoms with Crippen LogP contribution in [0.25, 0.3) is 0 Å².